The molecule has 0 radical (unpaired) electrons. The molecule has 1 heterocycles. The van der Waals surface area contributed by atoms with Gasteiger partial charge in [-0.3, -0.25) is 9.59 Å². The first-order chi connectivity index (χ1) is 17.9. The highest BCUT2D eigenvalue weighted by Gasteiger charge is 2.15. The molecule has 2 N–H and O–H groups in total. The van der Waals surface area contributed by atoms with Gasteiger partial charge in [-0.2, -0.15) is 0 Å². The lowest BCUT2D eigenvalue weighted by Crippen LogP contribution is -2.15. The second-order valence-electron chi connectivity index (χ2n) is 7.78. The summed E-state index contributed by atoms with van der Waals surface area (Å²) in [4.78, 5) is 25.0. The van der Waals surface area contributed by atoms with E-state index in [-0.39, 0.29) is 17.6 Å². The summed E-state index contributed by atoms with van der Waals surface area (Å²) < 4.78 is 12.3. The van der Waals surface area contributed by atoms with Crippen LogP contribution in [0.4, 0.5) is 11.4 Å². The summed E-state index contributed by atoms with van der Waals surface area (Å²) in [5, 5.41) is 15.1. The predicted molar refractivity (Wildman–Crippen MR) is 145 cm³/mol. The summed E-state index contributed by atoms with van der Waals surface area (Å²) in [6.45, 7) is 0. The lowest BCUT2D eigenvalue weighted by atomic mass is 10.1. The van der Waals surface area contributed by atoms with Gasteiger partial charge in [0, 0.05) is 24.4 Å². The van der Waals surface area contributed by atoms with Crippen LogP contribution in [-0.2, 0) is 11.8 Å². The van der Waals surface area contributed by atoms with Gasteiger partial charge in [0.05, 0.1) is 36.2 Å². The van der Waals surface area contributed by atoms with E-state index in [2.05, 4.69) is 20.8 Å². The van der Waals surface area contributed by atoms with Gasteiger partial charge in [0.2, 0.25) is 5.91 Å². The number of aromatic nitrogens is 3. The van der Waals surface area contributed by atoms with Crippen molar-refractivity contribution in [2.75, 3.05) is 30.6 Å². The molecule has 37 heavy (non-hydrogen) atoms. The molecule has 0 fully saturated rings. The topological polar surface area (TPSA) is 107 Å². The zero-order valence-corrected chi connectivity index (χ0v) is 21.9. The number of ether oxygens (including phenoxy) is 2. The van der Waals surface area contributed by atoms with E-state index in [1.54, 1.807) is 66.3 Å². The number of halogens is 1. The maximum Gasteiger partial charge on any atom is 0.257 e. The molecule has 0 saturated heterocycles. The zero-order chi connectivity index (χ0) is 26.4. The lowest BCUT2D eigenvalue weighted by Gasteiger charge is -2.11. The van der Waals surface area contributed by atoms with Gasteiger partial charge >= 0.3 is 0 Å². The summed E-state index contributed by atoms with van der Waals surface area (Å²) in [7, 11) is 4.92. The van der Waals surface area contributed by atoms with Crippen LogP contribution < -0.4 is 20.1 Å². The Balaban J connectivity index is 1.38. The lowest BCUT2D eigenvalue weighted by molar-refractivity contribution is -0.113. The van der Waals surface area contributed by atoms with Crippen molar-refractivity contribution in [3.63, 3.8) is 0 Å². The summed E-state index contributed by atoms with van der Waals surface area (Å²) >= 11 is 7.36. The molecule has 0 atom stereocenters. The fourth-order valence-electron chi connectivity index (χ4n) is 3.47. The summed E-state index contributed by atoms with van der Waals surface area (Å²) in [5.41, 5.74) is 2.35. The summed E-state index contributed by atoms with van der Waals surface area (Å²) in [6.07, 6.45) is 0. The highest BCUT2D eigenvalue weighted by Crippen LogP contribution is 2.30. The van der Waals surface area contributed by atoms with Crippen molar-refractivity contribution in [1.29, 1.82) is 0 Å². The molecule has 9 nitrogen and oxygen atoms in total. The Bertz CT molecular complexity index is 1420. The monoisotopic (exact) mass is 537 g/mol. The van der Waals surface area contributed by atoms with Gasteiger partial charge in [-0.05, 0) is 48.5 Å². The third-order valence-corrected chi connectivity index (χ3v) is 6.72. The number of hydrogen-bond acceptors (Lipinski definition) is 7. The molecule has 1 aromatic heterocycles. The van der Waals surface area contributed by atoms with Crippen LogP contribution in [0.2, 0.25) is 5.02 Å². The van der Waals surface area contributed by atoms with Crippen LogP contribution in [0.5, 0.6) is 11.5 Å². The van der Waals surface area contributed by atoms with E-state index in [0.717, 1.165) is 5.56 Å². The fourth-order valence-corrected chi connectivity index (χ4v) is 4.40. The maximum absolute atomic E-state index is 12.6. The number of anilines is 2. The minimum absolute atomic E-state index is 0.124. The molecule has 4 rings (SSSR count). The first-order valence-corrected chi connectivity index (χ1v) is 12.5. The fraction of sp³-hybridized carbons (Fsp3) is 0.154. The molecule has 0 aliphatic carbocycles. The van der Waals surface area contributed by atoms with Crippen molar-refractivity contribution in [3.8, 4) is 22.9 Å². The minimum Gasteiger partial charge on any atom is -0.497 e. The van der Waals surface area contributed by atoms with Gasteiger partial charge in [0.25, 0.3) is 5.91 Å². The SMILES string of the molecule is COc1ccc(OC)c(NC(=O)CSc2nnc(-c3ccc(NC(=O)c4ccccc4Cl)cc3)n2C)c1. The molecule has 3 aromatic carbocycles. The van der Waals surface area contributed by atoms with Gasteiger partial charge in [-0.25, -0.2) is 0 Å². The van der Waals surface area contributed by atoms with Gasteiger partial charge in [-0.15, -0.1) is 10.2 Å². The number of rotatable bonds is 9. The molecule has 0 bridgehead atoms. The number of thioether (sulfide) groups is 1. The van der Waals surface area contributed by atoms with Gasteiger partial charge in [0.1, 0.15) is 11.5 Å². The molecule has 2 amide bonds. The van der Waals surface area contributed by atoms with Crippen molar-refractivity contribution in [2.24, 2.45) is 7.05 Å². The molecule has 0 aliphatic rings. The molecule has 0 unspecified atom stereocenters. The minimum atomic E-state index is -0.291. The van der Waals surface area contributed by atoms with E-state index in [0.29, 0.717) is 44.4 Å². The van der Waals surface area contributed by atoms with Crippen LogP contribution in [-0.4, -0.2) is 46.6 Å². The Morgan fingerprint density at radius 3 is 2.43 bits per heavy atom. The number of hydrogen-bond donors (Lipinski definition) is 2. The normalized spacial score (nSPS) is 10.6. The van der Waals surface area contributed by atoms with Crippen LogP contribution in [0.15, 0.2) is 71.9 Å². The Hall–Kier alpha value is -4.02. The summed E-state index contributed by atoms with van der Waals surface area (Å²) in [6, 6.07) is 19.3. The smallest absolute Gasteiger partial charge is 0.257 e. The number of nitrogens with zero attached hydrogens (tertiary/aromatic N) is 3. The standard InChI is InChI=1S/C26H24ClN5O4S/c1-32-24(16-8-10-17(11-9-16)28-25(34)19-6-4-5-7-20(19)27)30-31-26(32)37-15-23(33)29-21-14-18(35-2)12-13-22(21)36-3/h4-14H,15H2,1-3H3,(H,28,34)(H,29,33). The first kappa shape index (κ1) is 26.1. The molecule has 0 saturated carbocycles. The van der Waals surface area contributed by atoms with E-state index in [1.165, 1.54) is 18.9 Å². The number of amides is 2. The van der Waals surface area contributed by atoms with Crippen molar-refractivity contribution in [2.45, 2.75) is 5.16 Å². The van der Waals surface area contributed by atoms with E-state index < -0.39 is 0 Å². The quantitative estimate of drug-likeness (QED) is 0.285. The first-order valence-electron chi connectivity index (χ1n) is 11.1. The van der Waals surface area contributed by atoms with E-state index in [4.69, 9.17) is 21.1 Å². The Morgan fingerprint density at radius 1 is 0.973 bits per heavy atom. The van der Waals surface area contributed by atoms with Crippen LogP contribution in [0.3, 0.4) is 0 Å². The van der Waals surface area contributed by atoms with Gasteiger partial charge in [-0.1, -0.05) is 35.5 Å². The Labute approximate surface area is 223 Å². The zero-order valence-electron chi connectivity index (χ0n) is 20.3. The van der Waals surface area contributed by atoms with Gasteiger partial charge < -0.3 is 24.7 Å². The average Bonchev–Trinajstić information content (AvgIpc) is 3.28. The van der Waals surface area contributed by atoms with E-state index in [1.807, 2.05) is 19.2 Å². The number of nitrogens with one attached hydrogen (secondary N) is 2. The molecular formula is C26H24ClN5O4S. The average molecular weight is 538 g/mol. The highest BCUT2D eigenvalue weighted by atomic mass is 35.5. The number of carbonyl (C=O) groups excluding carboxylic acids is 2. The number of carbonyl (C=O) groups is 2. The molecule has 4 aromatic rings. The largest absolute Gasteiger partial charge is 0.497 e. The molecule has 0 aliphatic heterocycles. The van der Waals surface area contributed by atoms with Crippen LogP contribution in [0.1, 0.15) is 10.4 Å². The molecule has 11 heteroatoms. The van der Waals surface area contributed by atoms with E-state index >= 15 is 0 Å². The Kier molecular flexibility index (Phi) is 8.32. The van der Waals surface area contributed by atoms with Gasteiger partial charge in [0.15, 0.2) is 11.0 Å². The third-order valence-electron chi connectivity index (χ3n) is 5.37. The molecule has 190 valence electrons. The van der Waals surface area contributed by atoms with Crippen LogP contribution >= 0.6 is 23.4 Å². The molecule has 0 spiro atoms. The van der Waals surface area contributed by atoms with Crippen LogP contribution in [0, 0.1) is 0 Å². The second kappa shape index (κ2) is 11.8. The van der Waals surface area contributed by atoms with Crippen molar-refractivity contribution in [3.05, 3.63) is 77.3 Å². The predicted octanol–water partition coefficient (Wildman–Crippen LogP) is 5.14. The number of methoxy groups -OCH3 is 2. The third kappa shape index (κ3) is 6.22. The van der Waals surface area contributed by atoms with Crippen LogP contribution in [0.25, 0.3) is 11.4 Å². The Morgan fingerprint density at radius 2 is 1.73 bits per heavy atom. The second-order valence-corrected chi connectivity index (χ2v) is 9.13. The van der Waals surface area contributed by atoms with Crippen molar-refractivity contribution in [1.82, 2.24) is 14.8 Å². The van der Waals surface area contributed by atoms with E-state index in [9.17, 15) is 9.59 Å². The van der Waals surface area contributed by atoms with Crippen molar-refractivity contribution < 1.29 is 19.1 Å². The summed E-state index contributed by atoms with van der Waals surface area (Å²) in [5.74, 6) is 1.38. The van der Waals surface area contributed by atoms with Crippen molar-refractivity contribution >= 4 is 46.6 Å². The highest BCUT2D eigenvalue weighted by molar-refractivity contribution is 7.99. The maximum atomic E-state index is 12.6. The number of benzene rings is 3. The molecular weight excluding hydrogens is 514 g/mol.